The van der Waals surface area contributed by atoms with Gasteiger partial charge < -0.3 is 10.2 Å². The predicted molar refractivity (Wildman–Crippen MR) is 82.9 cm³/mol. The van der Waals surface area contributed by atoms with Crippen LogP contribution in [0.1, 0.15) is 64.0 Å². The van der Waals surface area contributed by atoms with Gasteiger partial charge in [-0.05, 0) is 29.4 Å². The van der Waals surface area contributed by atoms with Gasteiger partial charge in [0, 0.05) is 6.42 Å². The highest BCUT2D eigenvalue weighted by Gasteiger charge is 2.36. The van der Waals surface area contributed by atoms with Gasteiger partial charge in [0.25, 0.3) is 0 Å². The lowest BCUT2D eigenvalue weighted by molar-refractivity contribution is -0.0960. The topological polar surface area (TPSA) is 40.5 Å². The molecule has 2 heteroatoms. The van der Waals surface area contributed by atoms with Gasteiger partial charge in [0.05, 0.1) is 11.7 Å². The van der Waals surface area contributed by atoms with E-state index in [9.17, 15) is 10.2 Å². The van der Waals surface area contributed by atoms with Crippen LogP contribution in [0.5, 0.6) is 0 Å². The van der Waals surface area contributed by atoms with Crippen LogP contribution in [0.4, 0.5) is 0 Å². The van der Waals surface area contributed by atoms with Gasteiger partial charge in [0.2, 0.25) is 0 Å². The Balaban J connectivity index is 2.02. The molecule has 2 N–H and O–H groups in total. The van der Waals surface area contributed by atoms with Crippen molar-refractivity contribution in [2.75, 3.05) is 0 Å². The van der Waals surface area contributed by atoms with Gasteiger partial charge in [-0.1, -0.05) is 64.3 Å². The molecule has 1 aliphatic rings. The van der Waals surface area contributed by atoms with Crippen molar-refractivity contribution in [3.8, 4) is 0 Å². The monoisotopic (exact) mass is 276 g/mol. The highest BCUT2D eigenvalue weighted by Crippen LogP contribution is 2.32. The molecule has 0 heterocycles. The van der Waals surface area contributed by atoms with Crippen molar-refractivity contribution < 1.29 is 10.2 Å². The third-order valence-electron chi connectivity index (χ3n) is 4.59. The first kappa shape index (κ1) is 15.5. The van der Waals surface area contributed by atoms with E-state index >= 15 is 0 Å². The molecule has 2 rings (SSSR count). The molecule has 1 fully saturated rings. The molecule has 0 bridgehead atoms. The highest BCUT2D eigenvalue weighted by molar-refractivity contribution is 5.28. The second-order valence-electron chi connectivity index (χ2n) is 7.33. The fourth-order valence-electron chi connectivity index (χ4n) is 3.05. The molecule has 1 aromatic carbocycles. The summed E-state index contributed by atoms with van der Waals surface area (Å²) in [4.78, 5) is 0. The van der Waals surface area contributed by atoms with E-state index in [0.717, 1.165) is 31.2 Å². The second-order valence-corrected chi connectivity index (χ2v) is 7.33. The SMILES string of the molecule is CC(C)(C)c1ccc(CC(O)C2(O)CCCCC2)cc1. The summed E-state index contributed by atoms with van der Waals surface area (Å²) in [6, 6.07) is 8.42. The average Bonchev–Trinajstić information content (AvgIpc) is 2.39. The number of rotatable bonds is 3. The standard InChI is InChI=1S/C18H28O2/c1-17(2,3)15-9-7-14(8-10-15)13-16(19)18(20)11-5-4-6-12-18/h7-10,16,19-20H,4-6,11-13H2,1-3H3. The van der Waals surface area contributed by atoms with E-state index in [1.54, 1.807) is 0 Å². The van der Waals surface area contributed by atoms with Crippen LogP contribution < -0.4 is 0 Å². The Hall–Kier alpha value is -0.860. The first-order chi connectivity index (χ1) is 9.31. The lowest BCUT2D eigenvalue weighted by atomic mass is 9.78. The molecule has 0 saturated heterocycles. The van der Waals surface area contributed by atoms with Crippen LogP contribution >= 0.6 is 0 Å². The molecule has 112 valence electrons. The molecule has 20 heavy (non-hydrogen) atoms. The Morgan fingerprint density at radius 3 is 2.10 bits per heavy atom. The van der Waals surface area contributed by atoms with Gasteiger partial charge in [-0.3, -0.25) is 0 Å². The summed E-state index contributed by atoms with van der Waals surface area (Å²) < 4.78 is 0. The molecule has 1 saturated carbocycles. The van der Waals surface area contributed by atoms with E-state index in [1.807, 2.05) is 0 Å². The molecular weight excluding hydrogens is 248 g/mol. The Bertz CT molecular complexity index is 422. The summed E-state index contributed by atoms with van der Waals surface area (Å²) in [6.45, 7) is 6.59. The van der Waals surface area contributed by atoms with Gasteiger partial charge in [-0.25, -0.2) is 0 Å². The fourth-order valence-corrected chi connectivity index (χ4v) is 3.05. The Morgan fingerprint density at radius 1 is 1.05 bits per heavy atom. The van der Waals surface area contributed by atoms with Crippen molar-refractivity contribution in [1.82, 2.24) is 0 Å². The first-order valence-electron chi connectivity index (χ1n) is 7.81. The van der Waals surface area contributed by atoms with Crippen LogP contribution in [-0.2, 0) is 11.8 Å². The van der Waals surface area contributed by atoms with Gasteiger partial charge >= 0.3 is 0 Å². The Kier molecular flexibility index (Phi) is 4.55. The maximum absolute atomic E-state index is 10.5. The van der Waals surface area contributed by atoms with E-state index in [-0.39, 0.29) is 5.41 Å². The normalized spacial score (nSPS) is 20.6. The third kappa shape index (κ3) is 3.62. The molecule has 1 atom stereocenters. The largest absolute Gasteiger partial charge is 0.390 e. The van der Waals surface area contributed by atoms with Crippen LogP contribution in [0.25, 0.3) is 0 Å². The summed E-state index contributed by atoms with van der Waals surface area (Å²) in [5.41, 5.74) is 1.68. The Labute approximate surface area is 122 Å². The number of hydrogen-bond donors (Lipinski definition) is 2. The van der Waals surface area contributed by atoms with E-state index in [0.29, 0.717) is 6.42 Å². The number of aliphatic hydroxyl groups is 2. The van der Waals surface area contributed by atoms with Crippen molar-refractivity contribution in [1.29, 1.82) is 0 Å². The van der Waals surface area contributed by atoms with Crippen LogP contribution in [0.3, 0.4) is 0 Å². The summed E-state index contributed by atoms with van der Waals surface area (Å²) in [5.74, 6) is 0. The molecular formula is C18H28O2. The number of benzene rings is 1. The van der Waals surface area contributed by atoms with Crippen molar-refractivity contribution in [2.24, 2.45) is 0 Å². The molecule has 0 spiro atoms. The van der Waals surface area contributed by atoms with Gasteiger partial charge in [-0.15, -0.1) is 0 Å². The van der Waals surface area contributed by atoms with Gasteiger partial charge in [0.15, 0.2) is 0 Å². The maximum atomic E-state index is 10.5. The zero-order valence-electron chi connectivity index (χ0n) is 13.0. The lowest BCUT2D eigenvalue weighted by Gasteiger charge is -2.36. The van der Waals surface area contributed by atoms with Crippen LogP contribution in [0, 0.1) is 0 Å². The van der Waals surface area contributed by atoms with E-state index in [1.165, 1.54) is 12.0 Å². The van der Waals surface area contributed by atoms with Crippen LogP contribution in [0.2, 0.25) is 0 Å². The van der Waals surface area contributed by atoms with Crippen molar-refractivity contribution in [3.05, 3.63) is 35.4 Å². The molecule has 0 aliphatic heterocycles. The van der Waals surface area contributed by atoms with Gasteiger partial charge in [0.1, 0.15) is 0 Å². The number of hydrogen-bond acceptors (Lipinski definition) is 2. The fraction of sp³-hybridized carbons (Fsp3) is 0.667. The molecule has 0 aromatic heterocycles. The van der Waals surface area contributed by atoms with Crippen molar-refractivity contribution >= 4 is 0 Å². The predicted octanol–water partition coefficient (Wildman–Crippen LogP) is 3.58. The first-order valence-corrected chi connectivity index (χ1v) is 7.81. The number of aliphatic hydroxyl groups excluding tert-OH is 1. The van der Waals surface area contributed by atoms with E-state index in [2.05, 4.69) is 45.0 Å². The highest BCUT2D eigenvalue weighted by atomic mass is 16.3. The molecule has 1 aliphatic carbocycles. The van der Waals surface area contributed by atoms with Crippen molar-refractivity contribution in [2.45, 2.75) is 76.4 Å². The van der Waals surface area contributed by atoms with Crippen LogP contribution in [-0.4, -0.2) is 21.9 Å². The molecule has 2 nitrogen and oxygen atoms in total. The molecule has 1 aromatic rings. The maximum Gasteiger partial charge on any atom is 0.0908 e. The quantitative estimate of drug-likeness (QED) is 0.886. The van der Waals surface area contributed by atoms with Gasteiger partial charge in [-0.2, -0.15) is 0 Å². The third-order valence-corrected chi connectivity index (χ3v) is 4.59. The second kappa shape index (κ2) is 5.87. The zero-order chi connectivity index (χ0) is 14.8. The summed E-state index contributed by atoms with van der Waals surface area (Å²) in [5, 5.41) is 20.9. The minimum Gasteiger partial charge on any atom is -0.390 e. The van der Waals surface area contributed by atoms with Crippen molar-refractivity contribution in [3.63, 3.8) is 0 Å². The zero-order valence-corrected chi connectivity index (χ0v) is 13.0. The molecule has 0 radical (unpaired) electrons. The molecule has 0 amide bonds. The minimum atomic E-state index is -0.874. The van der Waals surface area contributed by atoms with Crippen LogP contribution in [0.15, 0.2) is 24.3 Å². The summed E-state index contributed by atoms with van der Waals surface area (Å²) >= 11 is 0. The van der Waals surface area contributed by atoms with E-state index in [4.69, 9.17) is 0 Å². The lowest BCUT2D eigenvalue weighted by Crippen LogP contribution is -2.45. The average molecular weight is 276 g/mol. The smallest absolute Gasteiger partial charge is 0.0908 e. The summed E-state index contributed by atoms with van der Waals surface area (Å²) in [7, 11) is 0. The minimum absolute atomic E-state index is 0.152. The Morgan fingerprint density at radius 2 is 1.60 bits per heavy atom. The molecule has 1 unspecified atom stereocenters. The summed E-state index contributed by atoms with van der Waals surface area (Å²) in [6.07, 6.45) is 4.58. The van der Waals surface area contributed by atoms with E-state index < -0.39 is 11.7 Å².